The molecule has 1 saturated carbocycles. The molecule has 70 valence electrons. The van der Waals surface area contributed by atoms with Crippen LogP contribution in [0.1, 0.15) is 37.8 Å². The van der Waals surface area contributed by atoms with Crippen LogP contribution in [-0.4, -0.2) is 6.04 Å². The molecular formula is C12H17N. The van der Waals surface area contributed by atoms with E-state index >= 15 is 0 Å². The van der Waals surface area contributed by atoms with Gasteiger partial charge in [0.15, 0.2) is 0 Å². The van der Waals surface area contributed by atoms with E-state index in [0.29, 0.717) is 6.04 Å². The van der Waals surface area contributed by atoms with Gasteiger partial charge >= 0.3 is 0 Å². The van der Waals surface area contributed by atoms with Gasteiger partial charge in [0.05, 0.1) is 0 Å². The molecular weight excluding hydrogens is 158 g/mol. The van der Waals surface area contributed by atoms with Gasteiger partial charge in [-0.1, -0.05) is 36.8 Å². The Morgan fingerprint density at radius 3 is 2.46 bits per heavy atom. The number of hydrogen-bond donors (Lipinski definition) is 1. The van der Waals surface area contributed by atoms with Crippen molar-refractivity contribution < 1.29 is 0 Å². The number of nitrogens with one attached hydrogen (secondary N) is 1. The van der Waals surface area contributed by atoms with E-state index in [1.807, 2.05) is 0 Å². The molecule has 0 bridgehead atoms. The summed E-state index contributed by atoms with van der Waals surface area (Å²) in [6.45, 7) is 2.24. The molecule has 0 aromatic heterocycles. The molecule has 0 aliphatic heterocycles. The minimum absolute atomic E-state index is 0.506. The molecule has 0 radical (unpaired) electrons. The van der Waals surface area contributed by atoms with Gasteiger partial charge in [0.2, 0.25) is 0 Å². The van der Waals surface area contributed by atoms with Gasteiger partial charge < -0.3 is 5.32 Å². The lowest BCUT2D eigenvalue weighted by molar-refractivity contribution is 0.313. The highest BCUT2D eigenvalue weighted by Gasteiger charge is 2.19. The molecule has 1 aromatic carbocycles. The van der Waals surface area contributed by atoms with Gasteiger partial charge in [-0.15, -0.1) is 0 Å². The summed E-state index contributed by atoms with van der Waals surface area (Å²) in [5, 5.41) is 3.63. The van der Waals surface area contributed by atoms with Crippen molar-refractivity contribution in [2.75, 3.05) is 0 Å². The zero-order valence-corrected chi connectivity index (χ0v) is 8.16. The Balaban J connectivity index is 1.92. The predicted molar refractivity (Wildman–Crippen MR) is 55.6 cm³/mol. The minimum atomic E-state index is 0.506. The van der Waals surface area contributed by atoms with Crippen molar-refractivity contribution in [3.05, 3.63) is 35.9 Å². The Morgan fingerprint density at radius 2 is 1.92 bits per heavy atom. The van der Waals surface area contributed by atoms with E-state index in [4.69, 9.17) is 0 Å². The van der Waals surface area contributed by atoms with Gasteiger partial charge in [0, 0.05) is 12.1 Å². The second-order valence-corrected chi connectivity index (χ2v) is 3.93. The zero-order valence-electron chi connectivity index (χ0n) is 8.16. The van der Waals surface area contributed by atoms with Crippen LogP contribution in [0.5, 0.6) is 0 Å². The van der Waals surface area contributed by atoms with E-state index < -0.39 is 0 Å². The van der Waals surface area contributed by atoms with E-state index in [9.17, 15) is 0 Å². The van der Waals surface area contributed by atoms with Crippen molar-refractivity contribution in [2.45, 2.75) is 38.3 Å². The number of benzene rings is 1. The second kappa shape index (κ2) is 3.93. The maximum atomic E-state index is 3.63. The Labute approximate surface area is 80.2 Å². The molecule has 1 heteroatoms. The third-order valence-corrected chi connectivity index (χ3v) is 2.89. The van der Waals surface area contributed by atoms with E-state index in [2.05, 4.69) is 42.6 Å². The monoisotopic (exact) mass is 175 g/mol. The fourth-order valence-corrected chi connectivity index (χ4v) is 1.77. The van der Waals surface area contributed by atoms with E-state index in [0.717, 1.165) is 6.04 Å². The highest BCUT2D eigenvalue weighted by Crippen LogP contribution is 2.22. The highest BCUT2D eigenvalue weighted by atomic mass is 15.0. The first kappa shape index (κ1) is 8.76. The first-order valence-corrected chi connectivity index (χ1v) is 5.17. The lowest BCUT2D eigenvalue weighted by atomic mass is 9.92. The number of hydrogen-bond acceptors (Lipinski definition) is 1. The van der Waals surface area contributed by atoms with Crippen molar-refractivity contribution >= 4 is 0 Å². The average Bonchev–Trinajstić information content (AvgIpc) is 2.12. The summed E-state index contributed by atoms with van der Waals surface area (Å²) < 4.78 is 0. The topological polar surface area (TPSA) is 12.0 Å². The third kappa shape index (κ3) is 2.10. The van der Waals surface area contributed by atoms with Crippen LogP contribution in [0.3, 0.4) is 0 Å². The molecule has 2 rings (SSSR count). The van der Waals surface area contributed by atoms with Crippen LogP contribution in [0.4, 0.5) is 0 Å². The van der Waals surface area contributed by atoms with Crippen LogP contribution in [0.15, 0.2) is 30.3 Å². The maximum absolute atomic E-state index is 3.63. The summed E-state index contributed by atoms with van der Waals surface area (Å²) in [7, 11) is 0. The van der Waals surface area contributed by atoms with Crippen molar-refractivity contribution in [3.8, 4) is 0 Å². The molecule has 1 aliphatic rings. The van der Waals surface area contributed by atoms with E-state index in [1.54, 1.807) is 0 Å². The van der Waals surface area contributed by atoms with Crippen LogP contribution < -0.4 is 5.32 Å². The summed E-state index contributed by atoms with van der Waals surface area (Å²) in [6, 6.07) is 11.9. The van der Waals surface area contributed by atoms with Crippen LogP contribution in [0, 0.1) is 0 Å². The fourth-order valence-electron chi connectivity index (χ4n) is 1.77. The zero-order chi connectivity index (χ0) is 9.10. The predicted octanol–water partition coefficient (Wildman–Crippen LogP) is 2.89. The molecule has 0 amide bonds. The molecule has 1 aromatic rings. The summed E-state index contributed by atoms with van der Waals surface area (Å²) in [5.41, 5.74) is 1.40. The van der Waals surface area contributed by atoms with Crippen molar-refractivity contribution in [1.29, 1.82) is 0 Å². The standard InChI is InChI=1S/C12H17N/c1-10(13-12-8-5-9-12)11-6-3-2-4-7-11/h2-4,6-7,10,12-13H,5,8-9H2,1H3/t10-/m0/s1. The molecule has 1 N–H and O–H groups in total. The van der Waals surface area contributed by atoms with Gasteiger partial charge in [0.1, 0.15) is 0 Å². The summed E-state index contributed by atoms with van der Waals surface area (Å²) in [5.74, 6) is 0. The normalized spacial score (nSPS) is 19.5. The lowest BCUT2D eigenvalue weighted by Crippen LogP contribution is -2.36. The molecule has 0 heterocycles. The molecule has 1 atom stereocenters. The first-order valence-electron chi connectivity index (χ1n) is 5.17. The van der Waals surface area contributed by atoms with Crippen LogP contribution in [0.2, 0.25) is 0 Å². The van der Waals surface area contributed by atoms with Gasteiger partial charge in [-0.25, -0.2) is 0 Å². The van der Waals surface area contributed by atoms with Gasteiger partial charge in [-0.3, -0.25) is 0 Å². The van der Waals surface area contributed by atoms with Gasteiger partial charge in [-0.2, -0.15) is 0 Å². The first-order chi connectivity index (χ1) is 6.36. The number of rotatable bonds is 3. The van der Waals surface area contributed by atoms with Gasteiger partial charge in [0.25, 0.3) is 0 Å². The Kier molecular flexibility index (Phi) is 2.65. The lowest BCUT2D eigenvalue weighted by Gasteiger charge is -2.30. The molecule has 1 fully saturated rings. The maximum Gasteiger partial charge on any atom is 0.0294 e. The Bertz CT molecular complexity index is 251. The molecule has 13 heavy (non-hydrogen) atoms. The molecule has 1 nitrogen and oxygen atoms in total. The fraction of sp³-hybridized carbons (Fsp3) is 0.500. The van der Waals surface area contributed by atoms with Crippen molar-refractivity contribution in [2.24, 2.45) is 0 Å². The van der Waals surface area contributed by atoms with Crippen molar-refractivity contribution in [3.63, 3.8) is 0 Å². The highest BCUT2D eigenvalue weighted by molar-refractivity contribution is 5.18. The second-order valence-electron chi connectivity index (χ2n) is 3.93. The smallest absolute Gasteiger partial charge is 0.0294 e. The van der Waals surface area contributed by atoms with Crippen LogP contribution in [-0.2, 0) is 0 Å². The average molecular weight is 175 g/mol. The van der Waals surface area contributed by atoms with Gasteiger partial charge in [-0.05, 0) is 25.3 Å². The Morgan fingerprint density at radius 1 is 1.23 bits per heavy atom. The summed E-state index contributed by atoms with van der Waals surface area (Å²) >= 11 is 0. The SMILES string of the molecule is C[C@H](NC1CCC1)c1ccccc1. The largest absolute Gasteiger partial charge is 0.307 e. The van der Waals surface area contributed by atoms with Crippen LogP contribution in [0.25, 0.3) is 0 Å². The van der Waals surface area contributed by atoms with E-state index in [-0.39, 0.29) is 0 Å². The summed E-state index contributed by atoms with van der Waals surface area (Å²) in [4.78, 5) is 0. The molecule has 0 unspecified atom stereocenters. The molecule has 1 aliphatic carbocycles. The van der Waals surface area contributed by atoms with E-state index in [1.165, 1.54) is 24.8 Å². The molecule has 0 spiro atoms. The quantitative estimate of drug-likeness (QED) is 0.744. The van der Waals surface area contributed by atoms with Crippen molar-refractivity contribution in [1.82, 2.24) is 5.32 Å². The van der Waals surface area contributed by atoms with Crippen LogP contribution >= 0.6 is 0 Å². The summed E-state index contributed by atoms with van der Waals surface area (Å²) in [6.07, 6.45) is 4.12. The minimum Gasteiger partial charge on any atom is -0.307 e. The Hall–Kier alpha value is -0.820. The third-order valence-electron chi connectivity index (χ3n) is 2.89. The molecule has 0 saturated heterocycles.